The first-order chi connectivity index (χ1) is 9.61. The SMILES string of the molecule is NC(=O)c1ccccc1NC(=O)c1cccc(CCl)c1. The number of hydrogen-bond acceptors (Lipinski definition) is 2. The van der Waals surface area contributed by atoms with Gasteiger partial charge in [-0.25, -0.2) is 0 Å². The molecule has 0 atom stereocenters. The number of primary amides is 1. The number of anilines is 1. The third-order valence-corrected chi connectivity index (χ3v) is 3.09. The van der Waals surface area contributed by atoms with Crippen molar-refractivity contribution in [2.24, 2.45) is 5.73 Å². The number of para-hydroxylation sites is 1. The molecular weight excluding hydrogens is 276 g/mol. The molecule has 0 heterocycles. The standard InChI is InChI=1S/C15H13ClN2O2/c16-9-10-4-3-5-11(8-10)15(20)18-13-7-2-1-6-12(13)14(17)19/h1-8H,9H2,(H2,17,19)(H,18,20). The molecule has 0 radical (unpaired) electrons. The van der Waals surface area contributed by atoms with E-state index in [1.165, 1.54) is 0 Å². The Kier molecular flexibility index (Phi) is 4.38. The second kappa shape index (κ2) is 6.21. The molecular formula is C15H13ClN2O2. The summed E-state index contributed by atoms with van der Waals surface area (Å²) in [5.41, 5.74) is 7.25. The lowest BCUT2D eigenvalue weighted by atomic mass is 10.1. The topological polar surface area (TPSA) is 72.2 Å². The molecule has 2 amide bonds. The molecule has 2 aromatic carbocycles. The van der Waals surface area contributed by atoms with E-state index in [1.54, 1.807) is 42.5 Å². The molecule has 4 nitrogen and oxygen atoms in total. The first kappa shape index (κ1) is 14.1. The van der Waals surface area contributed by atoms with Crippen molar-refractivity contribution in [2.45, 2.75) is 5.88 Å². The van der Waals surface area contributed by atoms with Gasteiger partial charge in [0.15, 0.2) is 0 Å². The number of halogens is 1. The van der Waals surface area contributed by atoms with Crippen molar-refractivity contribution < 1.29 is 9.59 Å². The van der Waals surface area contributed by atoms with Crippen molar-refractivity contribution in [1.29, 1.82) is 0 Å². The number of nitrogens with two attached hydrogens (primary N) is 1. The molecule has 0 saturated heterocycles. The molecule has 0 aliphatic carbocycles. The van der Waals surface area contributed by atoms with Crippen LogP contribution in [0.2, 0.25) is 0 Å². The minimum absolute atomic E-state index is 0.273. The molecule has 2 aromatic rings. The summed E-state index contributed by atoms with van der Waals surface area (Å²) in [6, 6.07) is 13.6. The average molecular weight is 289 g/mol. The van der Waals surface area contributed by atoms with Gasteiger partial charge in [0.2, 0.25) is 0 Å². The van der Waals surface area contributed by atoms with Gasteiger partial charge in [-0.3, -0.25) is 9.59 Å². The molecule has 0 aliphatic rings. The van der Waals surface area contributed by atoms with Crippen LogP contribution in [0.25, 0.3) is 0 Å². The number of nitrogens with one attached hydrogen (secondary N) is 1. The summed E-state index contributed by atoms with van der Waals surface area (Å²) >= 11 is 5.74. The first-order valence-electron chi connectivity index (χ1n) is 5.97. The molecule has 0 unspecified atom stereocenters. The fourth-order valence-electron chi connectivity index (χ4n) is 1.80. The number of alkyl halides is 1. The van der Waals surface area contributed by atoms with E-state index in [0.29, 0.717) is 17.1 Å². The fraction of sp³-hybridized carbons (Fsp3) is 0.0667. The quantitative estimate of drug-likeness (QED) is 0.849. The molecule has 0 bridgehead atoms. The number of carbonyl (C=O) groups excluding carboxylic acids is 2. The lowest BCUT2D eigenvalue weighted by molar-refractivity contribution is 0.100. The van der Waals surface area contributed by atoms with Crippen LogP contribution < -0.4 is 11.1 Å². The maximum atomic E-state index is 12.2. The Morgan fingerprint density at radius 1 is 1.10 bits per heavy atom. The van der Waals surface area contributed by atoms with Crippen molar-refractivity contribution in [2.75, 3.05) is 5.32 Å². The molecule has 2 rings (SSSR count). The van der Waals surface area contributed by atoms with Crippen LogP contribution in [0.15, 0.2) is 48.5 Å². The summed E-state index contributed by atoms with van der Waals surface area (Å²) in [7, 11) is 0. The van der Waals surface area contributed by atoms with Gasteiger partial charge in [0.1, 0.15) is 0 Å². The number of hydrogen-bond donors (Lipinski definition) is 2. The summed E-state index contributed by atoms with van der Waals surface area (Å²) < 4.78 is 0. The molecule has 0 saturated carbocycles. The third-order valence-electron chi connectivity index (χ3n) is 2.78. The van der Waals surface area contributed by atoms with Gasteiger partial charge in [-0.05, 0) is 29.8 Å². The Balaban J connectivity index is 2.25. The summed E-state index contributed by atoms with van der Waals surface area (Å²) in [5.74, 6) is -0.569. The number of carbonyl (C=O) groups is 2. The van der Waals surface area contributed by atoms with E-state index in [2.05, 4.69) is 5.32 Å². The van der Waals surface area contributed by atoms with Crippen molar-refractivity contribution in [3.05, 3.63) is 65.2 Å². The summed E-state index contributed by atoms with van der Waals surface area (Å²) in [6.45, 7) is 0. The normalized spacial score (nSPS) is 10.1. The maximum Gasteiger partial charge on any atom is 0.255 e. The van der Waals surface area contributed by atoms with Gasteiger partial charge in [0, 0.05) is 11.4 Å². The smallest absolute Gasteiger partial charge is 0.255 e. The predicted molar refractivity (Wildman–Crippen MR) is 78.9 cm³/mol. The molecule has 0 fully saturated rings. The molecule has 102 valence electrons. The molecule has 0 aliphatic heterocycles. The van der Waals surface area contributed by atoms with Gasteiger partial charge in [-0.2, -0.15) is 0 Å². The zero-order chi connectivity index (χ0) is 14.5. The summed E-state index contributed by atoms with van der Waals surface area (Å²) in [4.78, 5) is 23.4. The molecule has 5 heteroatoms. The summed E-state index contributed by atoms with van der Waals surface area (Å²) in [6.07, 6.45) is 0. The van der Waals surface area contributed by atoms with Gasteiger partial charge in [-0.1, -0.05) is 24.3 Å². The van der Waals surface area contributed by atoms with Gasteiger partial charge in [-0.15, -0.1) is 11.6 Å². The lowest BCUT2D eigenvalue weighted by Gasteiger charge is -2.09. The zero-order valence-electron chi connectivity index (χ0n) is 10.6. The van der Waals surface area contributed by atoms with E-state index in [4.69, 9.17) is 17.3 Å². The first-order valence-corrected chi connectivity index (χ1v) is 6.50. The van der Waals surface area contributed by atoms with Crippen LogP contribution >= 0.6 is 11.6 Å². The van der Waals surface area contributed by atoms with E-state index in [0.717, 1.165) is 5.56 Å². The van der Waals surface area contributed by atoms with Crippen LogP contribution in [0.3, 0.4) is 0 Å². The Morgan fingerprint density at radius 2 is 1.85 bits per heavy atom. The van der Waals surface area contributed by atoms with Crippen LogP contribution in [-0.2, 0) is 5.88 Å². The van der Waals surface area contributed by atoms with Crippen LogP contribution in [0.1, 0.15) is 26.3 Å². The monoisotopic (exact) mass is 288 g/mol. The number of amides is 2. The van der Waals surface area contributed by atoms with Crippen LogP contribution in [0, 0.1) is 0 Å². The molecule has 20 heavy (non-hydrogen) atoms. The van der Waals surface area contributed by atoms with Gasteiger partial charge in [0.05, 0.1) is 11.3 Å². The Hall–Kier alpha value is -2.33. The largest absolute Gasteiger partial charge is 0.366 e. The molecule has 0 aromatic heterocycles. The van der Waals surface area contributed by atoms with E-state index in [1.807, 2.05) is 6.07 Å². The average Bonchev–Trinajstić information content (AvgIpc) is 2.47. The summed E-state index contributed by atoms with van der Waals surface area (Å²) in [5, 5.41) is 2.68. The van der Waals surface area contributed by atoms with E-state index < -0.39 is 5.91 Å². The van der Waals surface area contributed by atoms with Crippen molar-refractivity contribution in [3.63, 3.8) is 0 Å². The highest BCUT2D eigenvalue weighted by Gasteiger charge is 2.11. The van der Waals surface area contributed by atoms with Crippen LogP contribution in [-0.4, -0.2) is 11.8 Å². The second-order valence-corrected chi connectivity index (χ2v) is 4.47. The van der Waals surface area contributed by atoms with Gasteiger partial charge in [0.25, 0.3) is 11.8 Å². The van der Waals surface area contributed by atoms with Gasteiger partial charge >= 0.3 is 0 Å². The predicted octanol–water partition coefficient (Wildman–Crippen LogP) is 2.78. The van der Waals surface area contributed by atoms with Crippen molar-refractivity contribution in [3.8, 4) is 0 Å². The fourth-order valence-corrected chi connectivity index (χ4v) is 1.96. The van der Waals surface area contributed by atoms with Crippen LogP contribution in [0.5, 0.6) is 0 Å². The molecule has 3 N–H and O–H groups in total. The van der Waals surface area contributed by atoms with Crippen LogP contribution in [0.4, 0.5) is 5.69 Å². The lowest BCUT2D eigenvalue weighted by Crippen LogP contribution is -2.18. The van der Waals surface area contributed by atoms with Crippen molar-refractivity contribution in [1.82, 2.24) is 0 Å². The highest BCUT2D eigenvalue weighted by molar-refractivity contribution is 6.17. The van der Waals surface area contributed by atoms with Gasteiger partial charge < -0.3 is 11.1 Å². The Labute approximate surface area is 121 Å². The third kappa shape index (κ3) is 3.16. The Morgan fingerprint density at radius 3 is 2.55 bits per heavy atom. The zero-order valence-corrected chi connectivity index (χ0v) is 11.4. The van der Waals surface area contributed by atoms with Crippen molar-refractivity contribution >= 4 is 29.1 Å². The minimum atomic E-state index is -0.588. The second-order valence-electron chi connectivity index (χ2n) is 4.20. The number of rotatable bonds is 4. The maximum absolute atomic E-state index is 12.2. The Bertz CT molecular complexity index is 656. The number of benzene rings is 2. The minimum Gasteiger partial charge on any atom is -0.366 e. The van der Waals surface area contributed by atoms with E-state index in [-0.39, 0.29) is 11.5 Å². The highest BCUT2D eigenvalue weighted by Crippen LogP contribution is 2.16. The van der Waals surface area contributed by atoms with E-state index in [9.17, 15) is 9.59 Å². The highest BCUT2D eigenvalue weighted by atomic mass is 35.5. The van der Waals surface area contributed by atoms with E-state index >= 15 is 0 Å². The molecule has 0 spiro atoms.